The molecule has 0 saturated carbocycles. The normalized spacial score (nSPS) is 11.2. The lowest BCUT2D eigenvalue weighted by Crippen LogP contribution is -2.34. The zero-order chi connectivity index (χ0) is 9.19. The Morgan fingerprint density at radius 2 is 1.58 bits per heavy atom. The van der Waals surface area contributed by atoms with Gasteiger partial charge in [-0.05, 0) is 24.3 Å². The van der Waals surface area contributed by atoms with E-state index >= 15 is 0 Å². The lowest BCUT2D eigenvalue weighted by atomic mass is 10.2. The maximum Gasteiger partial charge on any atom is 0.150 e. The van der Waals surface area contributed by atoms with Crippen LogP contribution in [0.1, 0.15) is 10.4 Å². The molecular formula is C10H14NO+. The van der Waals surface area contributed by atoms with Crippen molar-refractivity contribution in [3.63, 3.8) is 0 Å². The molecule has 64 valence electrons. The van der Waals surface area contributed by atoms with Crippen LogP contribution in [0.25, 0.3) is 0 Å². The van der Waals surface area contributed by atoms with Crippen LogP contribution in [0.2, 0.25) is 0 Å². The number of hydrogen-bond acceptors (Lipinski definition) is 1. The van der Waals surface area contributed by atoms with Crippen molar-refractivity contribution < 1.29 is 4.79 Å². The van der Waals surface area contributed by atoms with Gasteiger partial charge in [0, 0.05) is 5.56 Å². The molecule has 0 spiro atoms. The topological polar surface area (TPSA) is 17.1 Å². The number of quaternary nitrogens is 1. The van der Waals surface area contributed by atoms with Crippen molar-refractivity contribution >= 4 is 12.0 Å². The van der Waals surface area contributed by atoms with Crippen LogP contribution < -0.4 is 4.48 Å². The van der Waals surface area contributed by atoms with Crippen molar-refractivity contribution in [2.75, 3.05) is 21.1 Å². The second-order valence-electron chi connectivity index (χ2n) is 3.72. The number of benzene rings is 1. The summed E-state index contributed by atoms with van der Waals surface area (Å²) >= 11 is 0. The van der Waals surface area contributed by atoms with Gasteiger partial charge in [0.2, 0.25) is 0 Å². The Labute approximate surface area is 73.0 Å². The Hall–Kier alpha value is -1.15. The Morgan fingerprint density at radius 1 is 1.08 bits per heavy atom. The highest BCUT2D eigenvalue weighted by Gasteiger charge is 2.10. The summed E-state index contributed by atoms with van der Waals surface area (Å²) in [5, 5.41) is 0. The van der Waals surface area contributed by atoms with E-state index in [0.717, 1.165) is 16.3 Å². The van der Waals surface area contributed by atoms with Gasteiger partial charge in [-0.25, -0.2) is 0 Å². The first kappa shape index (κ1) is 8.94. The van der Waals surface area contributed by atoms with Gasteiger partial charge in [-0.3, -0.25) is 9.28 Å². The summed E-state index contributed by atoms with van der Waals surface area (Å²) < 4.78 is 0.777. The monoisotopic (exact) mass is 164 g/mol. The van der Waals surface area contributed by atoms with Gasteiger partial charge in [0.05, 0.1) is 21.1 Å². The quantitative estimate of drug-likeness (QED) is 0.480. The molecule has 0 atom stereocenters. The SMILES string of the molecule is C[N+](C)(C)c1ccc(C=O)cc1. The lowest BCUT2D eigenvalue weighted by molar-refractivity contribution is 0.112. The highest BCUT2D eigenvalue weighted by atomic mass is 16.1. The van der Waals surface area contributed by atoms with E-state index in [1.165, 1.54) is 5.69 Å². The van der Waals surface area contributed by atoms with E-state index in [9.17, 15) is 4.79 Å². The molecule has 0 saturated heterocycles. The molecule has 0 fully saturated rings. The first-order valence-corrected chi connectivity index (χ1v) is 3.91. The molecule has 0 N–H and O–H groups in total. The van der Waals surface area contributed by atoms with Gasteiger partial charge in [0.15, 0.2) is 0 Å². The second-order valence-corrected chi connectivity index (χ2v) is 3.72. The summed E-state index contributed by atoms with van der Waals surface area (Å²) in [4.78, 5) is 10.4. The summed E-state index contributed by atoms with van der Waals surface area (Å²) in [7, 11) is 6.28. The molecule has 0 aliphatic heterocycles. The molecule has 0 radical (unpaired) electrons. The van der Waals surface area contributed by atoms with Gasteiger partial charge in [0.1, 0.15) is 12.0 Å². The van der Waals surface area contributed by atoms with Crippen molar-refractivity contribution in [2.24, 2.45) is 0 Å². The maximum atomic E-state index is 10.4. The third-order valence-corrected chi connectivity index (χ3v) is 1.80. The Bertz CT molecular complexity index is 269. The number of nitrogens with zero attached hydrogens (tertiary/aromatic N) is 1. The number of rotatable bonds is 2. The van der Waals surface area contributed by atoms with Crippen LogP contribution in [0.4, 0.5) is 5.69 Å². The maximum absolute atomic E-state index is 10.4. The van der Waals surface area contributed by atoms with Crippen LogP contribution in [0.15, 0.2) is 24.3 Å². The fourth-order valence-corrected chi connectivity index (χ4v) is 1.00. The molecule has 0 amide bonds. The summed E-state index contributed by atoms with van der Waals surface area (Å²) in [6.07, 6.45) is 0.861. The summed E-state index contributed by atoms with van der Waals surface area (Å²) in [6.45, 7) is 0. The molecule has 0 aromatic heterocycles. The highest BCUT2D eigenvalue weighted by molar-refractivity contribution is 5.75. The molecule has 0 unspecified atom stereocenters. The van der Waals surface area contributed by atoms with E-state index in [2.05, 4.69) is 21.1 Å². The molecule has 2 nitrogen and oxygen atoms in total. The molecule has 0 heterocycles. The number of hydrogen-bond donors (Lipinski definition) is 0. The molecular weight excluding hydrogens is 150 g/mol. The van der Waals surface area contributed by atoms with Crippen molar-refractivity contribution in [2.45, 2.75) is 0 Å². The van der Waals surface area contributed by atoms with E-state index < -0.39 is 0 Å². The van der Waals surface area contributed by atoms with E-state index in [4.69, 9.17) is 0 Å². The van der Waals surface area contributed by atoms with Crippen molar-refractivity contribution in [3.05, 3.63) is 29.8 Å². The van der Waals surface area contributed by atoms with Gasteiger partial charge in [-0.2, -0.15) is 0 Å². The summed E-state index contributed by atoms with van der Waals surface area (Å²) in [5.41, 5.74) is 1.92. The predicted octanol–water partition coefficient (Wildman–Crippen LogP) is 1.70. The van der Waals surface area contributed by atoms with Crippen LogP contribution in [-0.2, 0) is 0 Å². The van der Waals surface area contributed by atoms with Crippen molar-refractivity contribution in [1.82, 2.24) is 4.48 Å². The van der Waals surface area contributed by atoms with Crippen LogP contribution in [0.5, 0.6) is 0 Å². The minimum absolute atomic E-state index is 0.729. The summed E-state index contributed by atoms with van der Waals surface area (Å²) in [5.74, 6) is 0. The van der Waals surface area contributed by atoms with Crippen LogP contribution in [0, 0.1) is 0 Å². The fraction of sp³-hybridized carbons (Fsp3) is 0.300. The molecule has 0 aliphatic rings. The van der Waals surface area contributed by atoms with Gasteiger partial charge in [-0.15, -0.1) is 0 Å². The first-order valence-electron chi connectivity index (χ1n) is 3.91. The average Bonchev–Trinajstić information content (AvgIpc) is 2.03. The minimum Gasteiger partial charge on any atom is -0.298 e. The predicted molar refractivity (Wildman–Crippen MR) is 51.4 cm³/mol. The number of carbonyl (C=O) groups is 1. The molecule has 1 aromatic carbocycles. The lowest BCUT2D eigenvalue weighted by Gasteiger charge is -2.23. The van der Waals surface area contributed by atoms with E-state index in [0.29, 0.717) is 0 Å². The Kier molecular flexibility index (Phi) is 2.29. The minimum atomic E-state index is 0.729. The molecule has 0 aliphatic carbocycles. The third kappa shape index (κ3) is 1.92. The van der Waals surface area contributed by atoms with Gasteiger partial charge in [0.25, 0.3) is 0 Å². The average molecular weight is 164 g/mol. The highest BCUT2D eigenvalue weighted by Crippen LogP contribution is 2.16. The van der Waals surface area contributed by atoms with E-state index in [1.54, 1.807) is 0 Å². The van der Waals surface area contributed by atoms with Crippen molar-refractivity contribution in [1.29, 1.82) is 0 Å². The Balaban J connectivity index is 3.00. The molecule has 12 heavy (non-hydrogen) atoms. The smallest absolute Gasteiger partial charge is 0.150 e. The fourth-order valence-electron chi connectivity index (χ4n) is 1.00. The molecule has 2 heteroatoms. The second kappa shape index (κ2) is 3.07. The third-order valence-electron chi connectivity index (χ3n) is 1.80. The van der Waals surface area contributed by atoms with Gasteiger partial charge < -0.3 is 0 Å². The first-order chi connectivity index (χ1) is 5.54. The number of carbonyl (C=O) groups excluding carboxylic acids is 1. The van der Waals surface area contributed by atoms with Gasteiger partial charge >= 0.3 is 0 Å². The Morgan fingerprint density at radius 3 is 1.92 bits per heavy atom. The summed E-state index contributed by atoms with van der Waals surface area (Å²) in [6, 6.07) is 7.63. The van der Waals surface area contributed by atoms with Crippen LogP contribution in [0.3, 0.4) is 0 Å². The zero-order valence-electron chi connectivity index (χ0n) is 7.74. The largest absolute Gasteiger partial charge is 0.298 e. The van der Waals surface area contributed by atoms with Crippen molar-refractivity contribution in [3.8, 4) is 0 Å². The standard InChI is InChI=1S/C10H14NO/c1-11(2,3)10-6-4-9(8-12)5-7-10/h4-8H,1-3H3/q+1. The van der Waals surface area contributed by atoms with E-state index in [-0.39, 0.29) is 0 Å². The molecule has 1 aromatic rings. The van der Waals surface area contributed by atoms with Gasteiger partial charge in [-0.1, -0.05) is 0 Å². The molecule has 0 bridgehead atoms. The van der Waals surface area contributed by atoms with Crippen LogP contribution >= 0.6 is 0 Å². The molecule has 1 rings (SSSR count). The number of aldehydes is 1. The zero-order valence-corrected chi connectivity index (χ0v) is 7.74. The van der Waals surface area contributed by atoms with Crippen LogP contribution in [-0.4, -0.2) is 27.4 Å². The van der Waals surface area contributed by atoms with E-state index in [1.807, 2.05) is 24.3 Å².